The molecule has 0 saturated heterocycles. The second-order valence-corrected chi connectivity index (χ2v) is 4.98. The Bertz CT molecular complexity index is 900. The molecule has 0 spiro atoms. The van der Waals surface area contributed by atoms with Gasteiger partial charge in [-0.15, -0.1) is 0 Å². The number of nitro groups is 2. The Morgan fingerprint density at radius 3 is 2.21 bits per heavy atom. The number of nitrogens with zero attached hydrogens (tertiary/aromatic N) is 2. The lowest BCUT2D eigenvalue weighted by Crippen LogP contribution is -2.03. The Hall–Kier alpha value is -3.75. The number of nitrogens with one attached hydrogen (secondary N) is 1. The highest BCUT2D eigenvalue weighted by Gasteiger charge is 2.28. The van der Waals surface area contributed by atoms with E-state index in [0.29, 0.717) is 11.3 Å². The topological polar surface area (TPSA) is 136 Å². The van der Waals surface area contributed by atoms with Crippen LogP contribution in [0.3, 0.4) is 0 Å². The van der Waals surface area contributed by atoms with Crippen LogP contribution in [0.5, 0.6) is 5.75 Å². The van der Waals surface area contributed by atoms with Gasteiger partial charge >= 0.3 is 11.4 Å². The summed E-state index contributed by atoms with van der Waals surface area (Å²) < 4.78 is 0. The first kappa shape index (κ1) is 15.2. The van der Waals surface area contributed by atoms with E-state index in [0.717, 1.165) is 12.1 Å². The molecule has 24 heavy (non-hydrogen) atoms. The summed E-state index contributed by atoms with van der Waals surface area (Å²) in [6.45, 7) is 0. The van der Waals surface area contributed by atoms with Crippen molar-refractivity contribution in [2.45, 2.75) is 0 Å². The van der Waals surface area contributed by atoms with E-state index < -0.39 is 32.9 Å². The molecule has 0 unspecified atom stereocenters. The number of hydrogen-bond donors (Lipinski definition) is 2. The number of amides is 1. The van der Waals surface area contributed by atoms with Crippen molar-refractivity contribution in [1.29, 1.82) is 0 Å². The molecule has 0 aromatic heterocycles. The van der Waals surface area contributed by atoms with E-state index in [1.54, 1.807) is 24.3 Å². The summed E-state index contributed by atoms with van der Waals surface area (Å²) in [6.07, 6.45) is 1.31. The maximum Gasteiger partial charge on any atom is 0.318 e. The van der Waals surface area contributed by atoms with E-state index in [1.165, 1.54) is 6.08 Å². The average Bonchev–Trinajstić information content (AvgIpc) is 2.84. The third-order valence-corrected chi connectivity index (χ3v) is 3.51. The number of carbonyl (C=O) groups is 1. The zero-order chi connectivity index (χ0) is 17.4. The first-order chi connectivity index (χ1) is 11.4. The minimum absolute atomic E-state index is 0.0630. The highest BCUT2D eigenvalue weighted by molar-refractivity contribution is 6.34. The quantitative estimate of drug-likeness (QED) is 0.505. The number of phenolic OH excluding ortho intramolecular Hbond substituents is 1. The number of anilines is 1. The monoisotopic (exact) mass is 327 g/mol. The predicted molar refractivity (Wildman–Crippen MR) is 84.4 cm³/mol. The predicted octanol–water partition coefficient (Wildman–Crippen LogP) is 2.70. The van der Waals surface area contributed by atoms with Crippen LogP contribution in [0.1, 0.15) is 11.1 Å². The van der Waals surface area contributed by atoms with Gasteiger partial charge in [0.15, 0.2) is 0 Å². The van der Waals surface area contributed by atoms with Crippen molar-refractivity contribution in [3.63, 3.8) is 0 Å². The van der Waals surface area contributed by atoms with Gasteiger partial charge < -0.3 is 10.4 Å². The molecular weight excluding hydrogens is 318 g/mol. The fraction of sp³-hybridized carbons (Fsp3) is 0. The van der Waals surface area contributed by atoms with Crippen LogP contribution in [0.15, 0.2) is 36.4 Å². The molecule has 9 nitrogen and oxygen atoms in total. The number of rotatable bonds is 3. The van der Waals surface area contributed by atoms with Crippen molar-refractivity contribution in [2.24, 2.45) is 0 Å². The molecule has 2 aromatic rings. The van der Waals surface area contributed by atoms with Crippen molar-refractivity contribution in [3.8, 4) is 5.75 Å². The molecule has 0 fully saturated rings. The van der Waals surface area contributed by atoms with Crippen molar-refractivity contribution in [2.75, 3.05) is 5.32 Å². The van der Waals surface area contributed by atoms with Gasteiger partial charge in [-0.1, -0.05) is 18.2 Å². The summed E-state index contributed by atoms with van der Waals surface area (Å²) in [5.41, 5.74) is -0.157. The molecule has 120 valence electrons. The minimum atomic E-state index is -1.02. The maximum absolute atomic E-state index is 12.0. The lowest BCUT2D eigenvalue weighted by Gasteiger charge is -2.02. The van der Waals surface area contributed by atoms with Crippen LogP contribution in [0.25, 0.3) is 11.6 Å². The molecule has 3 rings (SSSR count). The second kappa shape index (κ2) is 5.47. The van der Waals surface area contributed by atoms with Gasteiger partial charge in [-0.3, -0.25) is 25.0 Å². The van der Waals surface area contributed by atoms with E-state index in [2.05, 4.69) is 5.32 Å². The number of fused-ring (bicyclic) bond motifs is 1. The van der Waals surface area contributed by atoms with Crippen LogP contribution in [0.2, 0.25) is 0 Å². The summed E-state index contributed by atoms with van der Waals surface area (Å²) in [5.74, 6) is -1.45. The molecular formula is C15H9N3O6. The number of aromatic hydroxyl groups is 1. The summed E-state index contributed by atoms with van der Waals surface area (Å²) >= 11 is 0. The van der Waals surface area contributed by atoms with Gasteiger partial charge in [0.1, 0.15) is 0 Å². The zero-order valence-corrected chi connectivity index (χ0v) is 11.9. The number of benzene rings is 2. The Labute approximate surface area is 134 Å². The standard InChI is InChI=1S/C15H9N3O6/c19-14-12(17(21)22)6-8(7-13(14)18(23)24)5-10-9-3-1-2-4-11(9)16-15(10)20/h1-7,19H,(H,16,20). The van der Waals surface area contributed by atoms with Crippen LogP contribution in [0, 0.1) is 20.2 Å². The minimum Gasteiger partial charge on any atom is -0.497 e. The van der Waals surface area contributed by atoms with Crippen LogP contribution in [-0.4, -0.2) is 20.9 Å². The molecule has 0 aliphatic carbocycles. The largest absolute Gasteiger partial charge is 0.497 e. The number of nitro benzene ring substituents is 2. The van der Waals surface area contributed by atoms with E-state index in [-0.39, 0.29) is 11.1 Å². The lowest BCUT2D eigenvalue weighted by molar-refractivity contribution is -0.396. The van der Waals surface area contributed by atoms with E-state index >= 15 is 0 Å². The Morgan fingerprint density at radius 2 is 1.62 bits per heavy atom. The zero-order valence-electron chi connectivity index (χ0n) is 11.9. The van der Waals surface area contributed by atoms with Crippen LogP contribution in [0.4, 0.5) is 17.1 Å². The molecule has 0 bridgehead atoms. The normalized spacial score (nSPS) is 14.3. The van der Waals surface area contributed by atoms with Crippen LogP contribution in [-0.2, 0) is 4.79 Å². The molecule has 0 saturated carbocycles. The smallest absolute Gasteiger partial charge is 0.318 e. The lowest BCUT2D eigenvalue weighted by atomic mass is 10.0. The van der Waals surface area contributed by atoms with Gasteiger partial charge in [0, 0.05) is 29.0 Å². The number of hydrogen-bond acceptors (Lipinski definition) is 6. The van der Waals surface area contributed by atoms with Crippen molar-refractivity contribution >= 4 is 34.6 Å². The molecule has 1 aliphatic heterocycles. The first-order valence-electron chi connectivity index (χ1n) is 6.66. The number of carbonyl (C=O) groups excluding carboxylic acids is 1. The summed E-state index contributed by atoms with van der Waals surface area (Å²) in [6, 6.07) is 8.78. The Balaban J connectivity index is 2.19. The van der Waals surface area contributed by atoms with Gasteiger partial charge in [-0.25, -0.2) is 0 Å². The average molecular weight is 327 g/mol. The number of para-hydroxylation sites is 1. The van der Waals surface area contributed by atoms with E-state index in [9.17, 15) is 30.1 Å². The Kier molecular flexibility index (Phi) is 3.45. The number of phenols is 1. The summed E-state index contributed by atoms with van der Waals surface area (Å²) in [7, 11) is 0. The third-order valence-electron chi connectivity index (χ3n) is 3.51. The van der Waals surface area contributed by atoms with Gasteiger partial charge in [-0.2, -0.15) is 0 Å². The fourth-order valence-electron chi connectivity index (χ4n) is 2.44. The summed E-state index contributed by atoms with van der Waals surface area (Å²) in [5, 5.41) is 34.2. The van der Waals surface area contributed by atoms with Crippen molar-refractivity contribution < 1.29 is 19.7 Å². The van der Waals surface area contributed by atoms with Crippen molar-refractivity contribution in [1.82, 2.24) is 0 Å². The fourth-order valence-corrected chi connectivity index (χ4v) is 2.44. The molecule has 2 N–H and O–H groups in total. The molecule has 0 radical (unpaired) electrons. The second-order valence-electron chi connectivity index (χ2n) is 4.98. The molecule has 2 aromatic carbocycles. The van der Waals surface area contributed by atoms with Crippen LogP contribution >= 0.6 is 0 Å². The van der Waals surface area contributed by atoms with Gasteiger partial charge in [0.2, 0.25) is 0 Å². The molecule has 9 heteroatoms. The van der Waals surface area contributed by atoms with Gasteiger partial charge in [-0.05, 0) is 17.7 Å². The van der Waals surface area contributed by atoms with E-state index in [4.69, 9.17) is 0 Å². The highest BCUT2D eigenvalue weighted by atomic mass is 16.6. The highest BCUT2D eigenvalue weighted by Crippen LogP contribution is 2.39. The SMILES string of the molecule is O=C1Nc2ccccc2C1=Cc1cc([N+](=O)[O-])c(O)c([N+](=O)[O-])c1. The third kappa shape index (κ3) is 2.43. The maximum atomic E-state index is 12.0. The van der Waals surface area contributed by atoms with Gasteiger partial charge in [0.25, 0.3) is 11.7 Å². The van der Waals surface area contributed by atoms with Gasteiger partial charge in [0.05, 0.1) is 9.85 Å². The molecule has 1 heterocycles. The molecule has 1 aliphatic rings. The molecule has 0 atom stereocenters. The molecule has 1 amide bonds. The van der Waals surface area contributed by atoms with E-state index in [1.807, 2.05) is 0 Å². The van der Waals surface area contributed by atoms with Crippen molar-refractivity contribution in [3.05, 3.63) is 67.8 Å². The summed E-state index contributed by atoms with van der Waals surface area (Å²) in [4.78, 5) is 32.1. The Morgan fingerprint density at radius 1 is 1.04 bits per heavy atom. The van der Waals surface area contributed by atoms with Crippen LogP contribution < -0.4 is 5.32 Å². The first-order valence-corrected chi connectivity index (χ1v) is 6.66.